The predicted molar refractivity (Wildman–Crippen MR) is 64.7 cm³/mol. The highest BCUT2D eigenvalue weighted by Gasteiger charge is 2.31. The monoisotopic (exact) mass is 282 g/mol. The van der Waals surface area contributed by atoms with Crippen LogP contribution < -0.4 is 0 Å². The Balaban J connectivity index is 2.68. The van der Waals surface area contributed by atoms with Crippen LogP contribution in [-0.2, 0) is 6.18 Å². The van der Waals surface area contributed by atoms with Gasteiger partial charge in [0.2, 0.25) is 0 Å². The van der Waals surface area contributed by atoms with E-state index in [9.17, 15) is 22.0 Å². The van der Waals surface area contributed by atoms with Crippen molar-refractivity contribution >= 4 is 0 Å². The summed E-state index contributed by atoms with van der Waals surface area (Å²) in [6.45, 7) is 0. The maximum Gasteiger partial charge on any atom is 0.416 e. The summed E-state index contributed by atoms with van der Waals surface area (Å²) < 4.78 is 65.0. The summed E-state index contributed by atoms with van der Waals surface area (Å²) >= 11 is 0. The smallest absolute Gasteiger partial charge is 0.207 e. The van der Waals surface area contributed by atoms with E-state index in [1.807, 2.05) is 0 Å². The fourth-order valence-corrected chi connectivity index (χ4v) is 1.75. The Hall–Kier alpha value is -2.35. The standard InChI is InChI=1S/C15H7F5/c1-2-9-5-10(7-11(6-9)15(18,19)20)13-8-12(16)3-4-14(13)17/h1,3-8H. The molecule has 0 aromatic heterocycles. The van der Waals surface area contributed by atoms with Crippen LogP contribution in [0.25, 0.3) is 11.1 Å². The molecule has 0 spiro atoms. The van der Waals surface area contributed by atoms with Crippen molar-refractivity contribution in [2.24, 2.45) is 0 Å². The Morgan fingerprint density at radius 3 is 2.25 bits per heavy atom. The number of hydrogen-bond donors (Lipinski definition) is 0. The van der Waals surface area contributed by atoms with Gasteiger partial charge in [-0.15, -0.1) is 6.42 Å². The molecule has 0 nitrogen and oxygen atoms in total. The number of rotatable bonds is 1. The van der Waals surface area contributed by atoms with Crippen LogP contribution in [0.4, 0.5) is 22.0 Å². The lowest BCUT2D eigenvalue weighted by Gasteiger charge is -2.11. The summed E-state index contributed by atoms with van der Waals surface area (Å²) in [6.07, 6.45) is 0.472. The lowest BCUT2D eigenvalue weighted by Crippen LogP contribution is -2.05. The van der Waals surface area contributed by atoms with E-state index in [0.29, 0.717) is 0 Å². The molecule has 0 fully saturated rings. The van der Waals surface area contributed by atoms with Crippen molar-refractivity contribution in [2.45, 2.75) is 6.18 Å². The molecule has 0 aliphatic carbocycles. The molecule has 0 atom stereocenters. The van der Waals surface area contributed by atoms with Crippen LogP contribution in [0.15, 0.2) is 36.4 Å². The van der Waals surface area contributed by atoms with Crippen LogP contribution in [0.1, 0.15) is 11.1 Å². The Morgan fingerprint density at radius 1 is 0.950 bits per heavy atom. The topological polar surface area (TPSA) is 0 Å². The van der Waals surface area contributed by atoms with Gasteiger partial charge in [0.1, 0.15) is 11.6 Å². The van der Waals surface area contributed by atoms with Crippen LogP contribution in [0.5, 0.6) is 0 Å². The van der Waals surface area contributed by atoms with Crippen molar-refractivity contribution in [3.05, 3.63) is 59.2 Å². The van der Waals surface area contributed by atoms with Crippen LogP contribution in [0.3, 0.4) is 0 Å². The molecule has 102 valence electrons. The first-order chi connectivity index (χ1) is 9.31. The Labute approximate surface area is 111 Å². The molecule has 0 N–H and O–H groups in total. The normalized spacial score (nSPS) is 11.2. The average Bonchev–Trinajstić information content (AvgIpc) is 2.40. The van der Waals surface area contributed by atoms with E-state index in [4.69, 9.17) is 6.42 Å². The molecular weight excluding hydrogens is 275 g/mol. The van der Waals surface area contributed by atoms with Gasteiger partial charge in [-0.3, -0.25) is 0 Å². The van der Waals surface area contributed by atoms with Gasteiger partial charge in [-0.1, -0.05) is 5.92 Å². The number of halogens is 5. The SMILES string of the molecule is C#Cc1cc(-c2cc(F)ccc2F)cc(C(F)(F)F)c1. The number of benzene rings is 2. The predicted octanol–water partition coefficient (Wildman–Crippen LogP) is 4.63. The second-order valence-corrected chi connectivity index (χ2v) is 4.07. The van der Waals surface area contributed by atoms with E-state index < -0.39 is 23.4 Å². The quantitative estimate of drug-likeness (QED) is 0.528. The van der Waals surface area contributed by atoms with Crippen LogP contribution >= 0.6 is 0 Å². The van der Waals surface area contributed by atoms with Crippen molar-refractivity contribution in [1.82, 2.24) is 0 Å². The minimum Gasteiger partial charge on any atom is -0.207 e. The minimum atomic E-state index is -4.62. The molecule has 0 amide bonds. The lowest BCUT2D eigenvalue weighted by atomic mass is 9.99. The molecule has 20 heavy (non-hydrogen) atoms. The second-order valence-electron chi connectivity index (χ2n) is 4.07. The zero-order valence-corrected chi connectivity index (χ0v) is 9.93. The fraction of sp³-hybridized carbons (Fsp3) is 0.0667. The zero-order chi connectivity index (χ0) is 14.9. The van der Waals surface area contributed by atoms with E-state index in [1.54, 1.807) is 0 Å². The zero-order valence-electron chi connectivity index (χ0n) is 9.93. The van der Waals surface area contributed by atoms with Crippen molar-refractivity contribution in [2.75, 3.05) is 0 Å². The van der Waals surface area contributed by atoms with Crippen molar-refractivity contribution < 1.29 is 22.0 Å². The van der Waals surface area contributed by atoms with Crippen LogP contribution in [0.2, 0.25) is 0 Å². The van der Waals surface area contributed by atoms with Gasteiger partial charge in [0.05, 0.1) is 5.56 Å². The number of alkyl halides is 3. The van der Waals surface area contributed by atoms with Gasteiger partial charge >= 0.3 is 6.18 Å². The Morgan fingerprint density at radius 2 is 1.65 bits per heavy atom. The molecule has 0 unspecified atom stereocenters. The third kappa shape index (κ3) is 2.80. The van der Waals surface area contributed by atoms with E-state index in [1.165, 1.54) is 6.07 Å². The number of hydrogen-bond acceptors (Lipinski definition) is 0. The van der Waals surface area contributed by atoms with Gasteiger partial charge in [0, 0.05) is 11.1 Å². The molecule has 0 radical (unpaired) electrons. The molecule has 0 aliphatic heterocycles. The maximum absolute atomic E-state index is 13.6. The maximum atomic E-state index is 13.6. The lowest BCUT2D eigenvalue weighted by molar-refractivity contribution is -0.137. The first-order valence-corrected chi connectivity index (χ1v) is 5.45. The van der Waals surface area contributed by atoms with Crippen LogP contribution in [0, 0.1) is 24.0 Å². The van der Waals surface area contributed by atoms with Gasteiger partial charge in [-0.2, -0.15) is 13.2 Å². The first-order valence-electron chi connectivity index (χ1n) is 5.45. The molecule has 0 aliphatic rings. The fourth-order valence-electron chi connectivity index (χ4n) is 1.75. The van der Waals surface area contributed by atoms with Crippen molar-refractivity contribution in [3.8, 4) is 23.5 Å². The summed E-state index contributed by atoms with van der Waals surface area (Å²) in [6, 6.07) is 5.27. The van der Waals surface area contributed by atoms with E-state index in [-0.39, 0.29) is 16.7 Å². The molecule has 2 aromatic rings. The van der Waals surface area contributed by atoms with Gasteiger partial charge in [0.15, 0.2) is 0 Å². The largest absolute Gasteiger partial charge is 0.416 e. The molecule has 0 saturated heterocycles. The van der Waals surface area contributed by atoms with Gasteiger partial charge in [-0.25, -0.2) is 8.78 Å². The Bertz CT molecular complexity index is 692. The Kier molecular flexibility index (Phi) is 3.49. The molecule has 2 rings (SSSR count). The molecular formula is C15H7F5. The summed E-state index contributed by atoms with van der Waals surface area (Å²) in [5.41, 5.74) is -1.46. The minimum absolute atomic E-state index is 0.0570. The van der Waals surface area contributed by atoms with E-state index in [2.05, 4.69) is 5.92 Å². The van der Waals surface area contributed by atoms with Gasteiger partial charge in [0.25, 0.3) is 0 Å². The summed E-state index contributed by atoms with van der Waals surface area (Å²) in [4.78, 5) is 0. The van der Waals surface area contributed by atoms with Gasteiger partial charge in [-0.05, 0) is 42.0 Å². The van der Waals surface area contributed by atoms with Crippen molar-refractivity contribution in [3.63, 3.8) is 0 Å². The average molecular weight is 282 g/mol. The molecule has 0 heterocycles. The van der Waals surface area contributed by atoms with Crippen molar-refractivity contribution in [1.29, 1.82) is 0 Å². The molecule has 2 aromatic carbocycles. The molecule has 5 heteroatoms. The second kappa shape index (κ2) is 4.97. The molecule has 0 saturated carbocycles. The highest BCUT2D eigenvalue weighted by atomic mass is 19.4. The summed E-state index contributed by atoms with van der Waals surface area (Å²) in [5, 5.41) is 0. The van der Waals surface area contributed by atoms with E-state index >= 15 is 0 Å². The summed E-state index contributed by atoms with van der Waals surface area (Å²) in [7, 11) is 0. The van der Waals surface area contributed by atoms with E-state index in [0.717, 1.165) is 30.3 Å². The summed E-state index contributed by atoms with van der Waals surface area (Å²) in [5.74, 6) is 0.493. The highest BCUT2D eigenvalue weighted by Crippen LogP contribution is 2.34. The highest BCUT2D eigenvalue weighted by molar-refractivity contribution is 5.67. The molecule has 0 bridgehead atoms. The number of terminal acetylenes is 1. The van der Waals surface area contributed by atoms with Gasteiger partial charge < -0.3 is 0 Å². The first kappa shape index (κ1) is 14.1. The third-order valence-corrected chi connectivity index (χ3v) is 2.67. The third-order valence-electron chi connectivity index (χ3n) is 2.67. The van der Waals surface area contributed by atoms with Crippen LogP contribution in [-0.4, -0.2) is 0 Å².